The lowest BCUT2D eigenvalue weighted by Crippen LogP contribution is -2.15. The molecule has 0 amide bonds. The molecule has 0 aliphatic heterocycles. The van der Waals surface area contributed by atoms with Crippen LogP contribution in [0, 0.1) is 0 Å². The van der Waals surface area contributed by atoms with Crippen LogP contribution in [0.2, 0.25) is 0 Å². The lowest BCUT2D eigenvalue weighted by atomic mass is 10.5. The number of nitrogens with zero attached hydrogens (tertiary/aromatic N) is 2. The lowest BCUT2D eigenvalue weighted by molar-refractivity contribution is 0.183. The highest BCUT2D eigenvalue weighted by molar-refractivity contribution is 7.93. The van der Waals surface area contributed by atoms with Gasteiger partial charge in [0.15, 0.2) is 0 Å². The smallest absolute Gasteiger partial charge is 0.263 e. The molecule has 116 valence electrons. The number of ether oxygens (including phenoxy) is 1. The summed E-state index contributed by atoms with van der Waals surface area (Å²) in [5.74, 6) is 0. The van der Waals surface area contributed by atoms with Crippen LogP contribution in [0.3, 0.4) is 0 Å². The zero-order valence-electron chi connectivity index (χ0n) is 11.9. The molecule has 0 saturated carbocycles. The van der Waals surface area contributed by atoms with E-state index in [1.165, 1.54) is 17.5 Å². The zero-order chi connectivity index (χ0) is 15.3. The van der Waals surface area contributed by atoms with Crippen molar-refractivity contribution in [3.05, 3.63) is 28.7 Å². The van der Waals surface area contributed by atoms with E-state index in [1.807, 2.05) is 0 Å². The molecule has 0 spiro atoms. The monoisotopic (exact) mass is 330 g/mol. The fraction of sp³-hybridized carbons (Fsp3) is 0.417. The Morgan fingerprint density at radius 2 is 2.29 bits per heavy atom. The van der Waals surface area contributed by atoms with E-state index in [0.29, 0.717) is 30.3 Å². The van der Waals surface area contributed by atoms with Gasteiger partial charge >= 0.3 is 0 Å². The average Bonchev–Trinajstić information content (AvgIpc) is 3.06. The molecule has 0 aromatic carbocycles. The Labute approximate surface area is 128 Å². The van der Waals surface area contributed by atoms with Crippen molar-refractivity contribution < 1.29 is 13.2 Å². The Balaban J connectivity index is 2.13. The van der Waals surface area contributed by atoms with Crippen molar-refractivity contribution in [2.24, 2.45) is 0 Å². The van der Waals surface area contributed by atoms with Crippen LogP contribution in [-0.4, -0.2) is 39.0 Å². The van der Waals surface area contributed by atoms with Crippen molar-refractivity contribution in [1.82, 2.24) is 15.1 Å². The van der Waals surface area contributed by atoms with Gasteiger partial charge in [-0.2, -0.15) is 5.10 Å². The summed E-state index contributed by atoms with van der Waals surface area (Å²) in [7, 11) is -0.209. The van der Waals surface area contributed by atoms with Crippen LogP contribution < -0.4 is 10.0 Å². The third kappa shape index (κ3) is 4.03. The fourth-order valence-corrected chi connectivity index (χ4v) is 4.28. The highest BCUT2D eigenvalue weighted by Gasteiger charge is 2.20. The van der Waals surface area contributed by atoms with Gasteiger partial charge in [0.2, 0.25) is 0 Å². The second-order valence-corrected chi connectivity index (χ2v) is 6.98. The first-order valence-electron chi connectivity index (χ1n) is 6.32. The molecule has 2 aromatic rings. The minimum Gasteiger partial charge on any atom is -0.383 e. The second-order valence-electron chi connectivity index (χ2n) is 4.33. The predicted molar refractivity (Wildman–Crippen MR) is 82.0 cm³/mol. The first-order chi connectivity index (χ1) is 10.1. The van der Waals surface area contributed by atoms with E-state index in [4.69, 9.17) is 4.74 Å². The molecule has 2 N–H and O–H groups in total. The van der Waals surface area contributed by atoms with Crippen LogP contribution in [0.15, 0.2) is 28.7 Å². The summed E-state index contributed by atoms with van der Waals surface area (Å²) in [4.78, 5) is 1.07. The van der Waals surface area contributed by atoms with Crippen molar-refractivity contribution in [3.8, 4) is 0 Å². The van der Waals surface area contributed by atoms with Crippen LogP contribution >= 0.6 is 11.3 Å². The molecule has 21 heavy (non-hydrogen) atoms. The van der Waals surface area contributed by atoms with Gasteiger partial charge in [-0.05, 0) is 18.5 Å². The molecule has 0 unspecified atom stereocenters. The molecule has 0 atom stereocenters. The van der Waals surface area contributed by atoms with Crippen LogP contribution in [0.5, 0.6) is 0 Å². The Morgan fingerprint density at radius 3 is 3.00 bits per heavy atom. The number of rotatable bonds is 8. The summed E-state index contributed by atoms with van der Waals surface area (Å²) >= 11 is 1.41. The molecule has 0 bridgehead atoms. The van der Waals surface area contributed by atoms with Crippen LogP contribution in [-0.2, 0) is 27.8 Å². The minimum atomic E-state index is -3.59. The van der Waals surface area contributed by atoms with E-state index in [-0.39, 0.29) is 0 Å². The largest absolute Gasteiger partial charge is 0.383 e. The van der Waals surface area contributed by atoms with Gasteiger partial charge in [0, 0.05) is 24.7 Å². The number of aromatic nitrogens is 2. The van der Waals surface area contributed by atoms with E-state index < -0.39 is 10.0 Å². The minimum absolute atomic E-state index is 0.298. The number of thiophene rings is 1. The van der Waals surface area contributed by atoms with Crippen LogP contribution in [0.4, 0.5) is 5.69 Å². The van der Waals surface area contributed by atoms with Gasteiger partial charge in [-0.3, -0.25) is 9.40 Å². The van der Waals surface area contributed by atoms with Gasteiger partial charge in [0.05, 0.1) is 25.0 Å². The standard InChI is InChI=1S/C12H18N4O3S2/c1-13-8-11-12(3-6-20-11)21(17,18)15-10-7-14-16(9-10)4-5-19-2/h3,6-7,9,13,15H,4-5,8H2,1-2H3. The molecule has 2 rings (SSSR count). The molecule has 0 fully saturated rings. The van der Waals surface area contributed by atoms with Gasteiger partial charge in [0.25, 0.3) is 10.0 Å². The maximum atomic E-state index is 12.4. The summed E-state index contributed by atoms with van der Waals surface area (Å²) in [6.07, 6.45) is 3.12. The van der Waals surface area contributed by atoms with Crippen LogP contribution in [0.25, 0.3) is 0 Å². The summed E-state index contributed by atoms with van der Waals surface area (Å²) in [6.45, 7) is 1.60. The maximum Gasteiger partial charge on any atom is 0.263 e. The molecule has 0 aliphatic carbocycles. The first-order valence-corrected chi connectivity index (χ1v) is 8.68. The summed E-state index contributed by atoms with van der Waals surface area (Å²) in [5.41, 5.74) is 0.438. The Morgan fingerprint density at radius 1 is 1.48 bits per heavy atom. The third-order valence-electron chi connectivity index (χ3n) is 2.74. The van der Waals surface area contributed by atoms with Crippen molar-refractivity contribution in [1.29, 1.82) is 0 Å². The fourth-order valence-electron chi connectivity index (χ4n) is 1.79. The highest BCUT2D eigenvalue weighted by Crippen LogP contribution is 2.24. The first kappa shape index (κ1) is 16.0. The van der Waals surface area contributed by atoms with E-state index in [2.05, 4.69) is 15.1 Å². The molecule has 7 nitrogen and oxygen atoms in total. The number of hydrogen-bond donors (Lipinski definition) is 2. The molecule has 9 heteroatoms. The molecular weight excluding hydrogens is 312 g/mol. The Bertz CT molecular complexity index is 678. The topological polar surface area (TPSA) is 85.3 Å². The van der Waals surface area contributed by atoms with Crippen molar-refractivity contribution in [3.63, 3.8) is 0 Å². The molecule has 0 saturated heterocycles. The van der Waals surface area contributed by atoms with Crippen molar-refractivity contribution >= 4 is 27.0 Å². The molecule has 0 radical (unpaired) electrons. The number of methoxy groups -OCH3 is 1. The molecule has 2 aromatic heterocycles. The SMILES string of the molecule is CNCc1sccc1S(=O)(=O)Nc1cnn(CCOC)c1. The summed E-state index contributed by atoms with van der Waals surface area (Å²) in [6, 6.07) is 1.61. The quantitative estimate of drug-likeness (QED) is 0.757. The zero-order valence-corrected chi connectivity index (χ0v) is 13.5. The van der Waals surface area contributed by atoms with E-state index >= 15 is 0 Å². The molecular formula is C12H18N4O3S2. The second kappa shape index (κ2) is 7.03. The van der Waals surface area contributed by atoms with Gasteiger partial charge in [-0.15, -0.1) is 11.3 Å². The number of hydrogen-bond acceptors (Lipinski definition) is 6. The predicted octanol–water partition coefficient (Wildman–Crippen LogP) is 1.11. The normalized spacial score (nSPS) is 11.7. The Kier molecular flexibility index (Phi) is 5.34. The van der Waals surface area contributed by atoms with Crippen molar-refractivity contribution in [2.75, 3.05) is 25.5 Å². The lowest BCUT2D eigenvalue weighted by Gasteiger charge is -2.06. The van der Waals surface area contributed by atoms with Gasteiger partial charge in [-0.1, -0.05) is 0 Å². The Hall–Kier alpha value is -1.42. The van der Waals surface area contributed by atoms with E-state index in [1.54, 1.807) is 36.5 Å². The number of sulfonamides is 1. The third-order valence-corrected chi connectivity index (χ3v) is 5.26. The molecule has 0 aliphatic rings. The van der Waals surface area contributed by atoms with Crippen molar-refractivity contribution in [2.45, 2.75) is 18.0 Å². The van der Waals surface area contributed by atoms with E-state index in [9.17, 15) is 8.42 Å². The van der Waals surface area contributed by atoms with E-state index in [0.717, 1.165) is 4.88 Å². The summed E-state index contributed by atoms with van der Waals surface area (Å²) < 4.78 is 33.9. The average molecular weight is 330 g/mol. The summed E-state index contributed by atoms with van der Waals surface area (Å²) in [5, 5.41) is 8.81. The maximum absolute atomic E-state index is 12.4. The molecule has 2 heterocycles. The van der Waals surface area contributed by atoms with Gasteiger partial charge in [-0.25, -0.2) is 8.42 Å². The van der Waals surface area contributed by atoms with Crippen LogP contribution in [0.1, 0.15) is 4.88 Å². The number of nitrogens with one attached hydrogen (secondary N) is 2. The van der Waals surface area contributed by atoms with Gasteiger partial charge < -0.3 is 10.1 Å². The highest BCUT2D eigenvalue weighted by atomic mass is 32.2. The number of anilines is 1. The van der Waals surface area contributed by atoms with Gasteiger partial charge in [0.1, 0.15) is 4.90 Å².